The number of nitrogens with zero attached hydrogens (tertiary/aromatic N) is 2. The second kappa shape index (κ2) is 9.31. The largest absolute Gasteiger partial charge is 0.467 e. The summed E-state index contributed by atoms with van der Waals surface area (Å²) in [6.45, 7) is 0.927. The molecule has 0 saturated carbocycles. The van der Waals surface area contributed by atoms with E-state index >= 15 is 0 Å². The Morgan fingerprint density at radius 1 is 1.31 bits per heavy atom. The minimum Gasteiger partial charge on any atom is -0.467 e. The molecule has 0 unspecified atom stereocenters. The van der Waals surface area contributed by atoms with Gasteiger partial charge in [-0.2, -0.15) is 0 Å². The van der Waals surface area contributed by atoms with E-state index < -0.39 is 4.92 Å². The topological polar surface area (TPSA) is 93.9 Å². The van der Waals surface area contributed by atoms with Gasteiger partial charge in [0.1, 0.15) is 5.75 Å². The normalized spacial score (nSPS) is 14.3. The molecule has 1 amide bonds. The van der Waals surface area contributed by atoms with Crippen molar-refractivity contribution in [2.45, 2.75) is 12.6 Å². The highest BCUT2D eigenvalue weighted by Gasteiger charge is 2.20. The predicted octanol–water partition coefficient (Wildman–Crippen LogP) is 2.89. The van der Waals surface area contributed by atoms with Crippen LogP contribution in [-0.4, -0.2) is 43.2 Å². The van der Waals surface area contributed by atoms with Crippen LogP contribution in [0.1, 0.15) is 22.7 Å². The first kappa shape index (κ1) is 20.5. The number of likely N-dealkylation sites (N-methyl/N-ethyl adjacent to an activating group) is 1. The molecule has 8 heteroatoms. The molecule has 152 valence electrons. The molecule has 8 nitrogen and oxygen atoms in total. The van der Waals surface area contributed by atoms with Crippen molar-refractivity contribution in [2.24, 2.45) is 0 Å². The number of nitro benzene ring substituents is 1. The lowest BCUT2D eigenvalue weighted by atomic mass is 10.1. The van der Waals surface area contributed by atoms with E-state index in [-0.39, 0.29) is 31.0 Å². The molecule has 0 aliphatic carbocycles. The average molecular weight is 397 g/mol. The zero-order valence-electron chi connectivity index (χ0n) is 16.3. The number of carbonyl (C=O) groups excluding carboxylic acids is 1. The quantitative estimate of drug-likeness (QED) is 0.439. The molecular formula is C21H23N3O5. The van der Waals surface area contributed by atoms with Crippen LogP contribution >= 0.6 is 0 Å². The summed E-state index contributed by atoms with van der Waals surface area (Å²) in [5.74, 6) is 0.201. The third-order valence-corrected chi connectivity index (χ3v) is 4.41. The van der Waals surface area contributed by atoms with E-state index in [9.17, 15) is 14.9 Å². The first-order valence-electron chi connectivity index (χ1n) is 9.14. The molecule has 0 spiro atoms. The Morgan fingerprint density at radius 3 is 2.76 bits per heavy atom. The van der Waals surface area contributed by atoms with Gasteiger partial charge < -0.3 is 19.7 Å². The fourth-order valence-electron chi connectivity index (χ4n) is 3.13. The Kier molecular flexibility index (Phi) is 6.58. The van der Waals surface area contributed by atoms with Crippen molar-refractivity contribution in [3.8, 4) is 5.75 Å². The zero-order chi connectivity index (χ0) is 20.8. The number of rotatable bonds is 7. The van der Waals surface area contributed by atoms with E-state index in [0.29, 0.717) is 23.4 Å². The van der Waals surface area contributed by atoms with Gasteiger partial charge in [-0.3, -0.25) is 14.9 Å². The van der Waals surface area contributed by atoms with Gasteiger partial charge in [-0.15, -0.1) is 0 Å². The summed E-state index contributed by atoms with van der Waals surface area (Å²) in [5.41, 5.74) is 1.97. The second-order valence-corrected chi connectivity index (χ2v) is 6.96. The number of nitro groups is 1. The predicted molar refractivity (Wildman–Crippen MR) is 108 cm³/mol. The van der Waals surface area contributed by atoms with Gasteiger partial charge in [-0.1, -0.05) is 30.3 Å². The summed E-state index contributed by atoms with van der Waals surface area (Å²) in [6.07, 6.45) is 2.90. The molecule has 0 saturated heterocycles. The SMILES string of the molecule is CN(C)C[C@H](NC(=O)/C=C/c1cc([N+](=O)[O-])cc2c1OCOC2)c1ccccc1. The summed E-state index contributed by atoms with van der Waals surface area (Å²) in [7, 11) is 3.87. The van der Waals surface area contributed by atoms with E-state index in [1.54, 1.807) is 0 Å². The van der Waals surface area contributed by atoms with E-state index in [2.05, 4.69) is 5.32 Å². The Balaban J connectivity index is 1.80. The number of benzene rings is 2. The maximum atomic E-state index is 12.6. The smallest absolute Gasteiger partial charge is 0.270 e. The highest BCUT2D eigenvalue weighted by atomic mass is 16.7. The van der Waals surface area contributed by atoms with Gasteiger partial charge in [0.25, 0.3) is 5.69 Å². The van der Waals surface area contributed by atoms with Crippen LogP contribution in [0.4, 0.5) is 5.69 Å². The molecule has 1 aliphatic rings. The van der Waals surface area contributed by atoms with Crippen LogP contribution in [0.15, 0.2) is 48.5 Å². The molecule has 0 fully saturated rings. The zero-order valence-corrected chi connectivity index (χ0v) is 16.3. The molecule has 1 heterocycles. The minimum absolute atomic E-state index is 0.0662. The molecule has 1 aliphatic heterocycles. The maximum absolute atomic E-state index is 12.6. The van der Waals surface area contributed by atoms with Gasteiger partial charge in [0.15, 0.2) is 6.79 Å². The average Bonchev–Trinajstić information content (AvgIpc) is 2.71. The van der Waals surface area contributed by atoms with Crippen LogP contribution < -0.4 is 10.1 Å². The van der Waals surface area contributed by atoms with Crippen molar-refractivity contribution in [1.29, 1.82) is 0 Å². The third kappa shape index (κ3) is 5.40. The van der Waals surface area contributed by atoms with Gasteiger partial charge in [-0.25, -0.2) is 0 Å². The van der Waals surface area contributed by atoms with Crippen LogP contribution in [-0.2, 0) is 16.1 Å². The molecule has 2 aromatic carbocycles. The molecule has 1 N–H and O–H groups in total. The summed E-state index contributed by atoms with van der Waals surface area (Å²) in [6, 6.07) is 12.3. The molecule has 2 aromatic rings. The third-order valence-electron chi connectivity index (χ3n) is 4.41. The van der Waals surface area contributed by atoms with E-state index in [4.69, 9.17) is 9.47 Å². The fourth-order valence-corrected chi connectivity index (χ4v) is 3.13. The van der Waals surface area contributed by atoms with Crippen molar-refractivity contribution in [3.63, 3.8) is 0 Å². The van der Waals surface area contributed by atoms with Crippen LogP contribution in [0.3, 0.4) is 0 Å². The van der Waals surface area contributed by atoms with Crippen molar-refractivity contribution < 1.29 is 19.2 Å². The fraction of sp³-hybridized carbons (Fsp3) is 0.286. The lowest BCUT2D eigenvalue weighted by Gasteiger charge is -2.22. The van der Waals surface area contributed by atoms with E-state index in [1.807, 2.05) is 49.3 Å². The Hall–Kier alpha value is -3.23. The van der Waals surface area contributed by atoms with Crippen molar-refractivity contribution in [2.75, 3.05) is 27.4 Å². The highest BCUT2D eigenvalue weighted by Crippen LogP contribution is 2.33. The van der Waals surface area contributed by atoms with Crippen molar-refractivity contribution >= 4 is 17.7 Å². The number of nitrogens with one attached hydrogen (secondary N) is 1. The summed E-state index contributed by atoms with van der Waals surface area (Å²) in [5, 5.41) is 14.2. The summed E-state index contributed by atoms with van der Waals surface area (Å²) >= 11 is 0. The number of fused-ring (bicyclic) bond motifs is 1. The van der Waals surface area contributed by atoms with E-state index in [1.165, 1.54) is 24.3 Å². The Morgan fingerprint density at radius 2 is 2.07 bits per heavy atom. The molecule has 29 heavy (non-hydrogen) atoms. The monoisotopic (exact) mass is 397 g/mol. The number of carbonyl (C=O) groups is 1. The number of hydrogen-bond acceptors (Lipinski definition) is 6. The van der Waals surface area contributed by atoms with Gasteiger partial charge in [-0.05, 0) is 25.7 Å². The first-order valence-corrected chi connectivity index (χ1v) is 9.14. The molecule has 0 aromatic heterocycles. The van der Waals surface area contributed by atoms with E-state index in [0.717, 1.165) is 5.56 Å². The number of amides is 1. The number of ether oxygens (including phenoxy) is 2. The number of hydrogen-bond donors (Lipinski definition) is 1. The molecule has 0 radical (unpaired) electrons. The Bertz CT molecular complexity index is 912. The van der Waals surface area contributed by atoms with Crippen LogP contribution in [0.2, 0.25) is 0 Å². The molecule has 0 bridgehead atoms. The molecular weight excluding hydrogens is 374 g/mol. The minimum atomic E-state index is -0.477. The van der Waals surface area contributed by atoms with Gasteiger partial charge in [0.2, 0.25) is 5.91 Å². The van der Waals surface area contributed by atoms with Gasteiger partial charge in [0, 0.05) is 35.9 Å². The standard InChI is InChI=1S/C21H23N3O5/c1-23(2)12-19(15-6-4-3-5-7-15)22-20(25)9-8-16-10-18(24(26)27)11-17-13-28-14-29-21(16)17/h3-11,19H,12-14H2,1-2H3,(H,22,25)/b9-8+/t19-/m0/s1. The van der Waals surface area contributed by atoms with Crippen LogP contribution in [0.25, 0.3) is 6.08 Å². The van der Waals surface area contributed by atoms with Crippen molar-refractivity contribution in [1.82, 2.24) is 10.2 Å². The number of non-ortho nitro benzene ring substituents is 1. The van der Waals surface area contributed by atoms with Crippen molar-refractivity contribution in [3.05, 3.63) is 75.3 Å². The lowest BCUT2D eigenvalue weighted by molar-refractivity contribution is -0.385. The lowest BCUT2D eigenvalue weighted by Crippen LogP contribution is -2.34. The van der Waals surface area contributed by atoms with Gasteiger partial charge in [0.05, 0.1) is 17.6 Å². The molecule has 1 atom stereocenters. The highest BCUT2D eigenvalue weighted by molar-refractivity contribution is 5.92. The van der Waals surface area contributed by atoms with Gasteiger partial charge >= 0.3 is 0 Å². The maximum Gasteiger partial charge on any atom is 0.270 e. The van der Waals surface area contributed by atoms with Crippen LogP contribution in [0.5, 0.6) is 5.75 Å². The first-order chi connectivity index (χ1) is 13.9. The molecule has 3 rings (SSSR count). The Labute approximate surface area is 168 Å². The summed E-state index contributed by atoms with van der Waals surface area (Å²) < 4.78 is 10.7. The second-order valence-electron chi connectivity index (χ2n) is 6.96. The summed E-state index contributed by atoms with van der Waals surface area (Å²) in [4.78, 5) is 25.3. The van der Waals surface area contributed by atoms with Crippen LogP contribution in [0, 0.1) is 10.1 Å².